The molecule has 0 aromatic carbocycles. The normalized spacial score (nSPS) is 24.6. The zero-order chi connectivity index (χ0) is 23.6. The van der Waals surface area contributed by atoms with Gasteiger partial charge in [0.05, 0.1) is 12.6 Å². The number of primary amides is 1. The quantitative estimate of drug-likeness (QED) is 0.546. The number of carbonyl (C=O) groups is 2. The minimum absolute atomic E-state index is 0.0636. The number of carbonyl (C=O) groups excluding carboxylic acids is 2. The van der Waals surface area contributed by atoms with Gasteiger partial charge in [-0.25, -0.2) is 18.8 Å². The molecule has 0 spiro atoms. The highest BCUT2D eigenvalue weighted by Crippen LogP contribution is 2.36. The number of likely N-dealkylation sites (N-methyl/N-ethyl adjacent to an activating group) is 1. The number of nitrogens with two attached hydrogens (primary N) is 1. The molecule has 3 heterocycles. The van der Waals surface area contributed by atoms with Crippen molar-refractivity contribution in [1.82, 2.24) is 15.3 Å². The molecule has 2 atom stereocenters. The van der Waals surface area contributed by atoms with Gasteiger partial charge in [-0.3, -0.25) is 14.6 Å². The number of aliphatic imine (C=N–C) groups is 1. The number of alkyl halides is 2. The summed E-state index contributed by atoms with van der Waals surface area (Å²) in [4.78, 5) is 32.8. The summed E-state index contributed by atoms with van der Waals surface area (Å²) in [5.74, 6) is -2.55. The third-order valence-corrected chi connectivity index (χ3v) is 5.99. The second-order valence-electron chi connectivity index (χ2n) is 8.62. The first-order chi connectivity index (χ1) is 15.7. The lowest BCUT2D eigenvalue weighted by molar-refractivity contribution is -0.122. The van der Waals surface area contributed by atoms with Gasteiger partial charge >= 0.3 is 0 Å². The van der Waals surface area contributed by atoms with Gasteiger partial charge in [0.2, 0.25) is 17.7 Å². The van der Waals surface area contributed by atoms with Crippen molar-refractivity contribution in [3.05, 3.63) is 23.9 Å². The van der Waals surface area contributed by atoms with Crippen LogP contribution in [0.1, 0.15) is 31.2 Å². The molecule has 2 unspecified atom stereocenters. The average molecular weight is 463 g/mol. The first kappa shape index (κ1) is 22.9. The summed E-state index contributed by atoms with van der Waals surface area (Å²) in [5.41, 5.74) is 6.08. The second kappa shape index (κ2) is 9.28. The number of hydrogen-bond donors (Lipinski definition) is 3. The number of halogens is 2. The Balaban J connectivity index is 1.34. The molecule has 2 amide bonds. The highest BCUT2D eigenvalue weighted by molar-refractivity contribution is 6.41. The van der Waals surface area contributed by atoms with Crippen LogP contribution in [0.15, 0.2) is 28.4 Å². The summed E-state index contributed by atoms with van der Waals surface area (Å²) in [5, 5.41) is 11.5. The average Bonchev–Trinajstić information content (AvgIpc) is 3.40. The Morgan fingerprint density at radius 1 is 1.33 bits per heavy atom. The van der Waals surface area contributed by atoms with Crippen LogP contribution in [0.2, 0.25) is 0 Å². The SMILES string of the molecule is CN1CC(NC(=O)C2COC(c3ccnc(NCC4CCC(F)(F)CC4)c3)=N2)C(C(N)=O)=N1. The van der Waals surface area contributed by atoms with Crippen molar-refractivity contribution in [1.29, 1.82) is 0 Å². The minimum atomic E-state index is -2.54. The number of hydrogen-bond acceptors (Lipinski definition) is 8. The monoisotopic (exact) mass is 463 g/mol. The predicted molar refractivity (Wildman–Crippen MR) is 117 cm³/mol. The summed E-state index contributed by atoms with van der Waals surface area (Å²) in [7, 11) is 1.68. The highest BCUT2D eigenvalue weighted by Gasteiger charge is 2.35. The maximum absolute atomic E-state index is 13.3. The van der Waals surface area contributed by atoms with Gasteiger partial charge in [-0.2, -0.15) is 5.10 Å². The van der Waals surface area contributed by atoms with E-state index in [2.05, 4.69) is 25.7 Å². The van der Waals surface area contributed by atoms with Crippen LogP contribution in [0.25, 0.3) is 0 Å². The van der Waals surface area contributed by atoms with E-state index in [0.29, 0.717) is 43.2 Å². The van der Waals surface area contributed by atoms with Crippen molar-refractivity contribution in [3.63, 3.8) is 0 Å². The van der Waals surface area contributed by atoms with Gasteiger partial charge in [0.15, 0.2) is 6.04 Å². The van der Waals surface area contributed by atoms with Gasteiger partial charge in [0.1, 0.15) is 18.1 Å². The van der Waals surface area contributed by atoms with Crippen LogP contribution >= 0.6 is 0 Å². The molecule has 0 saturated heterocycles. The molecule has 1 aromatic heterocycles. The minimum Gasteiger partial charge on any atom is -0.475 e. The number of nitrogens with zero attached hydrogens (tertiary/aromatic N) is 4. The predicted octanol–water partition coefficient (Wildman–Crippen LogP) is 0.736. The molecular formula is C21H27F2N7O3. The Hall–Kier alpha value is -3.31. The van der Waals surface area contributed by atoms with E-state index in [0.717, 1.165) is 0 Å². The molecular weight excluding hydrogens is 436 g/mol. The molecule has 12 heteroatoms. The summed E-state index contributed by atoms with van der Waals surface area (Å²) >= 11 is 0. The molecule has 1 saturated carbocycles. The summed E-state index contributed by atoms with van der Waals surface area (Å²) < 4.78 is 32.3. The Bertz CT molecular complexity index is 974. The number of rotatable bonds is 7. The Morgan fingerprint density at radius 2 is 2.09 bits per heavy atom. The van der Waals surface area contributed by atoms with E-state index in [1.807, 2.05) is 0 Å². The molecule has 0 bridgehead atoms. The van der Waals surface area contributed by atoms with Crippen molar-refractivity contribution < 1.29 is 23.1 Å². The van der Waals surface area contributed by atoms with Crippen molar-refractivity contribution in [2.75, 3.05) is 32.1 Å². The topological polar surface area (TPSA) is 134 Å². The fourth-order valence-electron chi connectivity index (χ4n) is 4.13. The standard InChI is InChI=1S/C21H27F2N7O3/c1-30-10-14(17(29-30)18(24)31)27-19(32)15-11-33-20(28-15)13-4-7-25-16(8-13)26-9-12-2-5-21(22,23)6-3-12/h4,7-8,12,14-15H,2-3,5-6,9-11H2,1H3,(H2,24,31)(H,25,26)(H,27,32). The molecule has 1 aromatic rings. The number of amides is 2. The maximum Gasteiger partial charge on any atom is 0.267 e. The van der Waals surface area contributed by atoms with Gasteiger partial charge in [0, 0.05) is 38.2 Å². The Kier molecular flexibility index (Phi) is 6.43. The van der Waals surface area contributed by atoms with E-state index in [9.17, 15) is 18.4 Å². The zero-order valence-corrected chi connectivity index (χ0v) is 18.3. The van der Waals surface area contributed by atoms with Gasteiger partial charge < -0.3 is 21.1 Å². The summed E-state index contributed by atoms with van der Waals surface area (Å²) in [6.07, 6.45) is 2.39. The van der Waals surface area contributed by atoms with E-state index < -0.39 is 23.9 Å². The molecule has 10 nitrogen and oxygen atoms in total. The number of ether oxygens (including phenoxy) is 1. The fraction of sp³-hybridized carbons (Fsp3) is 0.571. The van der Waals surface area contributed by atoms with Crippen molar-refractivity contribution in [2.45, 2.75) is 43.7 Å². The first-order valence-corrected chi connectivity index (χ1v) is 10.9. The van der Waals surface area contributed by atoms with E-state index >= 15 is 0 Å². The lowest BCUT2D eigenvalue weighted by atomic mass is 9.87. The van der Waals surface area contributed by atoms with Crippen LogP contribution in [-0.2, 0) is 14.3 Å². The highest BCUT2D eigenvalue weighted by atomic mass is 19.3. The molecule has 3 aliphatic rings. The summed E-state index contributed by atoms with van der Waals surface area (Å²) in [6, 6.07) is 2.10. The van der Waals surface area contributed by atoms with Crippen LogP contribution in [0.4, 0.5) is 14.6 Å². The van der Waals surface area contributed by atoms with Crippen LogP contribution in [-0.4, -0.2) is 78.2 Å². The molecule has 4 rings (SSSR count). The van der Waals surface area contributed by atoms with Crippen molar-refractivity contribution in [3.8, 4) is 0 Å². The van der Waals surface area contributed by atoms with Crippen LogP contribution in [0.3, 0.4) is 0 Å². The van der Waals surface area contributed by atoms with Crippen molar-refractivity contribution in [2.24, 2.45) is 21.7 Å². The Labute approximate surface area is 189 Å². The lowest BCUT2D eigenvalue weighted by Crippen LogP contribution is -2.49. The molecule has 2 aliphatic heterocycles. The largest absolute Gasteiger partial charge is 0.475 e. The molecule has 1 fully saturated rings. The zero-order valence-electron chi connectivity index (χ0n) is 18.3. The third-order valence-electron chi connectivity index (χ3n) is 5.99. The van der Waals surface area contributed by atoms with Crippen molar-refractivity contribution >= 4 is 29.2 Å². The van der Waals surface area contributed by atoms with E-state index in [4.69, 9.17) is 10.5 Å². The number of anilines is 1. The van der Waals surface area contributed by atoms with Gasteiger partial charge in [-0.1, -0.05) is 0 Å². The number of hydrazone groups is 1. The van der Waals surface area contributed by atoms with E-state index in [-0.39, 0.29) is 37.0 Å². The fourth-order valence-corrected chi connectivity index (χ4v) is 4.13. The van der Waals surface area contributed by atoms with Gasteiger partial charge in [-0.05, 0) is 30.9 Å². The molecule has 178 valence electrons. The third kappa shape index (κ3) is 5.55. The van der Waals surface area contributed by atoms with Gasteiger partial charge in [-0.15, -0.1) is 0 Å². The maximum atomic E-state index is 13.3. The van der Waals surface area contributed by atoms with Gasteiger partial charge in [0.25, 0.3) is 5.91 Å². The molecule has 0 radical (unpaired) electrons. The summed E-state index contributed by atoms with van der Waals surface area (Å²) in [6.45, 7) is 0.963. The second-order valence-corrected chi connectivity index (χ2v) is 8.62. The lowest BCUT2D eigenvalue weighted by Gasteiger charge is -2.28. The van der Waals surface area contributed by atoms with E-state index in [1.165, 1.54) is 5.01 Å². The Morgan fingerprint density at radius 3 is 2.82 bits per heavy atom. The van der Waals surface area contributed by atoms with Crippen LogP contribution in [0.5, 0.6) is 0 Å². The van der Waals surface area contributed by atoms with E-state index in [1.54, 1.807) is 25.4 Å². The van der Waals surface area contributed by atoms with Crippen LogP contribution in [0, 0.1) is 5.92 Å². The molecule has 33 heavy (non-hydrogen) atoms. The molecule has 4 N–H and O–H groups in total. The first-order valence-electron chi connectivity index (χ1n) is 10.9. The number of pyridine rings is 1. The molecule has 1 aliphatic carbocycles. The number of nitrogens with one attached hydrogen (secondary N) is 2. The van der Waals surface area contributed by atoms with Crippen LogP contribution < -0.4 is 16.4 Å². The smallest absolute Gasteiger partial charge is 0.267 e. The number of aromatic nitrogens is 1.